The van der Waals surface area contributed by atoms with Crippen molar-refractivity contribution >= 4 is 29.0 Å². The van der Waals surface area contributed by atoms with E-state index in [2.05, 4.69) is 0 Å². The minimum absolute atomic E-state index is 0.141. The number of halogens is 2. The Morgan fingerprint density at radius 1 is 1.44 bits per heavy atom. The molecule has 0 spiro atoms. The van der Waals surface area contributed by atoms with Gasteiger partial charge in [0.2, 0.25) is 0 Å². The Balaban J connectivity index is 2.66. The Morgan fingerprint density at radius 3 is 2.75 bits per heavy atom. The van der Waals surface area contributed by atoms with E-state index in [9.17, 15) is 4.79 Å². The molecule has 1 rings (SSSR count). The lowest BCUT2D eigenvalue weighted by atomic mass is 10.00. The fourth-order valence-corrected chi connectivity index (χ4v) is 1.83. The average Bonchev–Trinajstić information content (AvgIpc) is 2.24. The molecule has 16 heavy (non-hydrogen) atoms. The highest BCUT2D eigenvalue weighted by molar-refractivity contribution is 6.42. The maximum absolute atomic E-state index is 11.7. The highest BCUT2D eigenvalue weighted by Gasteiger charge is 2.11. The summed E-state index contributed by atoms with van der Waals surface area (Å²) in [5, 5.41) is 0.955. The van der Waals surface area contributed by atoms with Crippen molar-refractivity contribution in [3.8, 4) is 0 Å². The van der Waals surface area contributed by atoms with Crippen molar-refractivity contribution in [2.75, 3.05) is 6.54 Å². The molecule has 1 atom stereocenters. The second-order valence-corrected chi connectivity index (χ2v) is 4.76. The number of rotatable bonds is 5. The van der Waals surface area contributed by atoms with Crippen LogP contribution in [0.1, 0.15) is 18.9 Å². The molecule has 4 heteroatoms. The molecule has 1 unspecified atom stereocenters. The van der Waals surface area contributed by atoms with Gasteiger partial charge in [-0.2, -0.15) is 0 Å². The van der Waals surface area contributed by atoms with Crippen LogP contribution in [0.25, 0.3) is 0 Å². The van der Waals surface area contributed by atoms with Crippen molar-refractivity contribution in [1.82, 2.24) is 0 Å². The van der Waals surface area contributed by atoms with Crippen molar-refractivity contribution in [3.05, 3.63) is 33.8 Å². The molecule has 0 saturated carbocycles. The van der Waals surface area contributed by atoms with Crippen LogP contribution in [0.4, 0.5) is 0 Å². The molecule has 0 aromatic heterocycles. The zero-order valence-electron chi connectivity index (χ0n) is 9.17. The fourth-order valence-electron chi connectivity index (χ4n) is 1.44. The van der Waals surface area contributed by atoms with Crippen LogP contribution in [0, 0.1) is 5.92 Å². The molecular weight excluding hydrogens is 245 g/mol. The predicted octanol–water partition coefficient (Wildman–Crippen LogP) is 3.09. The first-order chi connectivity index (χ1) is 7.54. The third-order valence-electron chi connectivity index (χ3n) is 2.40. The Morgan fingerprint density at radius 2 is 2.12 bits per heavy atom. The van der Waals surface area contributed by atoms with Gasteiger partial charge < -0.3 is 5.73 Å². The molecule has 0 bridgehead atoms. The minimum Gasteiger partial charge on any atom is -0.330 e. The van der Waals surface area contributed by atoms with Gasteiger partial charge in [-0.05, 0) is 24.1 Å². The molecule has 1 aromatic rings. The summed E-state index contributed by atoms with van der Waals surface area (Å²) in [6, 6.07) is 5.32. The van der Waals surface area contributed by atoms with E-state index in [1.165, 1.54) is 0 Å². The van der Waals surface area contributed by atoms with Crippen LogP contribution in [-0.4, -0.2) is 12.3 Å². The van der Waals surface area contributed by atoms with Gasteiger partial charge in [0, 0.05) is 12.8 Å². The quantitative estimate of drug-likeness (QED) is 0.884. The molecule has 0 fully saturated rings. The summed E-state index contributed by atoms with van der Waals surface area (Å²) < 4.78 is 0. The molecular formula is C12H15Cl2NO. The van der Waals surface area contributed by atoms with Gasteiger partial charge in [0.25, 0.3) is 0 Å². The van der Waals surface area contributed by atoms with Crippen molar-refractivity contribution in [2.24, 2.45) is 11.7 Å². The number of ketones is 1. The number of hydrogen-bond acceptors (Lipinski definition) is 2. The lowest BCUT2D eigenvalue weighted by Gasteiger charge is -2.08. The number of benzene rings is 1. The first-order valence-electron chi connectivity index (χ1n) is 5.19. The molecule has 0 amide bonds. The Kier molecular flexibility index (Phi) is 5.26. The lowest BCUT2D eigenvalue weighted by Crippen LogP contribution is -2.16. The molecule has 2 N–H and O–H groups in total. The van der Waals surface area contributed by atoms with Crippen LogP contribution in [0.2, 0.25) is 10.0 Å². The number of hydrogen-bond donors (Lipinski definition) is 1. The molecule has 0 aliphatic carbocycles. The summed E-state index contributed by atoms with van der Waals surface area (Å²) >= 11 is 11.9. The first kappa shape index (κ1) is 13.5. The van der Waals surface area contributed by atoms with Gasteiger partial charge in [0.1, 0.15) is 5.78 Å². The van der Waals surface area contributed by atoms with Gasteiger partial charge in [0.05, 0.1) is 10.0 Å². The Labute approximate surface area is 106 Å². The molecule has 0 radical (unpaired) electrons. The van der Waals surface area contributed by atoms with Crippen LogP contribution in [0.5, 0.6) is 0 Å². The van der Waals surface area contributed by atoms with Crippen LogP contribution in [0.15, 0.2) is 18.2 Å². The molecule has 0 aliphatic heterocycles. The van der Waals surface area contributed by atoms with Gasteiger partial charge >= 0.3 is 0 Å². The van der Waals surface area contributed by atoms with Gasteiger partial charge in [-0.15, -0.1) is 0 Å². The van der Waals surface area contributed by atoms with E-state index in [1.54, 1.807) is 12.1 Å². The summed E-state index contributed by atoms with van der Waals surface area (Å²) in [5.41, 5.74) is 6.25. The highest BCUT2D eigenvalue weighted by atomic mass is 35.5. The van der Waals surface area contributed by atoms with Crippen molar-refractivity contribution in [2.45, 2.75) is 19.8 Å². The summed E-state index contributed by atoms with van der Waals surface area (Å²) in [5.74, 6) is 0.354. The largest absolute Gasteiger partial charge is 0.330 e. The standard InChI is InChI=1S/C12H15Cl2NO/c1-8(7-15)5-10(16)6-9-3-2-4-11(13)12(9)14/h2-4,8H,5-7,15H2,1H3. The summed E-state index contributed by atoms with van der Waals surface area (Å²) in [6.07, 6.45) is 0.809. The second kappa shape index (κ2) is 6.24. The second-order valence-electron chi connectivity index (χ2n) is 3.97. The third kappa shape index (κ3) is 3.78. The van der Waals surface area contributed by atoms with E-state index in [4.69, 9.17) is 28.9 Å². The van der Waals surface area contributed by atoms with Crippen LogP contribution < -0.4 is 5.73 Å². The van der Waals surface area contributed by atoms with Crippen molar-refractivity contribution in [3.63, 3.8) is 0 Å². The molecule has 0 heterocycles. The van der Waals surface area contributed by atoms with E-state index in [-0.39, 0.29) is 11.7 Å². The zero-order valence-corrected chi connectivity index (χ0v) is 10.7. The fraction of sp³-hybridized carbons (Fsp3) is 0.417. The molecule has 88 valence electrons. The maximum Gasteiger partial charge on any atom is 0.137 e. The van der Waals surface area contributed by atoms with Gasteiger partial charge in [-0.1, -0.05) is 42.3 Å². The number of carbonyl (C=O) groups excluding carboxylic acids is 1. The van der Waals surface area contributed by atoms with E-state index >= 15 is 0 Å². The zero-order chi connectivity index (χ0) is 12.1. The van der Waals surface area contributed by atoms with Crippen LogP contribution in [0.3, 0.4) is 0 Å². The van der Waals surface area contributed by atoms with E-state index in [0.29, 0.717) is 29.4 Å². The third-order valence-corrected chi connectivity index (χ3v) is 3.26. The van der Waals surface area contributed by atoms with Gasteiger partial charge in [-0.3, -0.25) is 4.79 Å². The van der Waals surface area contributed by atoms with Crippen LogP contribution >= 0.6 is 23.2 Å². The maximum atomic E-state index is 11.7. The SMILES string of the molecule is CC(CN)CC(=O)Cc1cccc(Cl)c1Cl. The van der Waals surface area contributed by atoms with Gasteiger partial charge in [0.15, 0.2) is 0 Å². The van der Waals surface area contributed by atoms with E-state index < -0.39 is 0 Å². The topological polar surface area (TPSA) is 43.1 Å². The highest BCUT2D eigenvalue weighted by Crippen LogP contribution is 2.26. The average molecular weight is 260 g/mol. The predicted molar refractivity (Wildman–Crippen MR) is 68.0 cm³/mol. The first-order valence-corrected chi connectivity index (χ1v) is 5.94. The molecule has 1 aromatic carbocycles. The van der Waals surface area contributed by atoms with Crippen molar-refractivity contribution in [1.29, 1.82) is 0 Å². The van der Waals surface area contributed by atoms with Crippen LogP contribution in [-0.2, 0) is 11.2 Å². The molecule has 0 aliphatic rings. The Bertz CT molecular complexity index is 379. The van der Waals surface area contributed by atoms with Crippen molar-refractivity contribution < 1.29 is 4.79 Å². The minimum atomic E-state index is 0.141. The summed E-state index contributed by atoms with van der Waals surface area (Å²) in [6.45, 7) is 2.48. The summed E-state index contributed by atoms with van der Waals surface area (Å²) in [4.78, 5) is 11.7. The summed E-state index contributed by atoms with van der Waals surface area (Å²) in [7, 11) is 0. The normalized spacial score (nSPS) is 12.5. The Hall–Kier alpha value is -0.570. The van der Waals surface area contributed by atoms with E-state index in [1.807, 2.05) is 13.0 Å². The molecule has 2 nitrogen and oxygen atoms in total. The van der Waals surface area contributed by atoms with Gasteiger partial charge in [-0.25, -0.2) is 0 Å². The molecule has 0 saturated heterocycles. The lowest BCUT2D eigenvalue weighted by molar-refractivity contribution is -0.119. The number of nitrogens with two attached hydrogens (primary N) is 1. The smallest absolute Gasteiger partial charge is 0.137 e. The number of Topliss-reactive ketones (excluding diaryl/α,β-unsaturated/α-hetero) is 1. The van der Waals surface area contributed by atoms with E-state index in [0.717, 1.165) is 5.56 Å². The number of carbonyl (C=O) groups is 1. The monoisotopic (exact) mass is 259 g/mol.